The van der Waals surface area contributed by atoms with E-state index < -0.39 is 46.7 Å². The number of carbonyl (C=O) groups excluding carboxylic acids is 3. The van der Waals surface area contributed by atoms with Gasteiger partial charge in [0.15, 0.2) is 18.2 Å². The molecule has 34 heavy (non-hydrogen) atoms. The number of furan rings is 1. The fraction of sp³-hybridized carbons (Fsp3) is 0.720. The molecule has 0 aromatic carbocycles. The van der Waals surface area contributed by atoms with Crippen molar-refractivity contribution in [2.75, 3.05) is 20.3 Å². The third-order valence-electron chi connectivity index (χ3n) is 8.81. The summed E-state index contributed by atoms with van der Waals surface area (Å²) in [6.45, 7) is 4.84. The quantitative estimate of drug-likeness (QED) is 0.467. The molecule has 0 unspecified atom stereocenters. The molecule has 2 aliphatic carbocycles. The Balaban J connectivity index is 1.68. The predicted molar refractivity (Wildman–Crippen MR) is 115 cm³/mol. The predicted octanol–water partition coefficient (Wildman–Crippen LogP) is 2.97. The molecule has 0 bridgehead atoms. The molecule has 8 atom stereocenters. The minimum absolute atomic E-state index is 0.120. The lowest BCUT2D eigenvalue weighted by molar-refractivity contribution is -0.249. The average Bonchev–Trinajstić information content (AvgIpc) is 3.23. The molecule has 9 nitrogen and oxygen atoms in total. The molecule has 5 rings (SSSR count). The normalized spacial score (nSPS) is 43.1. The minimum atomic E-state index is -1.16. The van der Waals surface area contributed by atoms with Gasteiger partial charge in [-0.3, -0.25) is 14.4 Å². The van der Waals surface area contributed by atoms with Crippen molar-refractivity contribution in [2.45, 2.75) is 70.6 Å². The number of hydrogen-bond acceptors (Lipinski definition) is 9. The molecule has 9 heteroatoms. The molecular formula is C25H32O9. The van der Waals surface area contributed by atoms with Crippen molar-refractivity contribution in [3.63, 3.8) is 0 Å². The van der Waals surface area contributed by atoms with Gasteiger partial charge in [-0.15, -0.1) is 0 Å². The number of ether oxygens (including phenoxy) is 5. The third kappa shape index (κ3) is 3.13. The Morgan fingerprint density at radius 2 is 2.00 bits per heavy atom. The second kappa shape index (κ2) is 8.17. The largest absolute Gasteiger partial charge is 0.472 e. The van der Waals surface area contributed by atoms with Gasteiger partial charge in [-0.1, -0.05) is 13.3 Å². The SMILES string of the molecule is CO[C@H]1O[C@H](c2ccoc2)C[C@]12[C@H](C)[C@@H](OC(C)=O)C(=O)[C@@]1(COC(C)=O)[C@H]2CCC[C@]12CO2. The summed E-state index contributed by atoms with van der Waals surface area (Å²) in [5.41, 5.74) is -1.72. The van der Waals surface area contributed by atoms with Crippen LogP contribution < -0.4 is 0 Å². The molecule has 4 fully saturated rings. The maximum Gasteiger partial charge on any atom is 0.303 e. The van der Waals surface area contributed by atoms with Crippen LogP contribution in [0.5, 0.6) is 0 Å². The summed E-state index contributed by atoms with van der Waals surface area (Å²) in [7, 11) is 1.59. The first-order valence-corrected chi connectivity index (χ1v) is 11.9. The van der Waals surface area contributed by atoms with Crippen LogP contribution in [0.4, 0.5) is 0 Å². The number of epoxide rings is 1. The fourth-order valence-corrected chi connectivity index (χ4v) is 7.30. The Hall–Kier alpha value is -2.23. The Labute approximate surface area is 198 Å². The summed E-state index contributed by atoms with van der Waals surface area (Å²) in [6.07, 6.45) is 4.03. The van der Waals surface area contributed by atoms with Crippen molar-refractivity contribution in [1.82, 2.24) is 0 Å². The molecule has 2 saturated heterocycles. The number of ketones is 1. The first-order valence-electron chi connectivity index (χ1n) is 11.9. The van der Waals surface area contributed by atoms with Crippen LogP contribution in [0.1, 0.15) is 58.1 Å². The van der Waals surface area contributed by atoms with Crippen LogP contribution in [0.2, 0.25) is 0 Å². The summed E-state index contributed by atoms with van der Waals surface area (Å²) >= 11 is 0. The minimum Gasteiger partial charge on any atom is -0.472 e. The molecule has 0 radical (unpaired) electrons. The molecule has 2 saturated carbocycles. The van der Waals surface area contributed by atoms with Gasteiger partial charge in [0.25, 0.3) is 0 Å². The van der Waals surface area contributed by atoms with Crippen molar-refractivity contribution >= 4 is 17.7 Å². The van der Waals surface area contributed by atoms with E-state index in [-0.39, 0.29) is 24.4 Å². The molecule has 2 aliphatic heterocycles. The van der Waals surface area contributed by atoms with Gasteiger partial charge in [0.05, 0.1) is 25.2 Å². The molecule has 0 N–H and O–H groups in total. The number of hydrogen-bond donors (Lipinski definition) is 0. The zero-order valence-electron chi connectivity index (χ0n) is 20.0. The summed E-state index contributed by atoms with van der Waals surface area (Å²) < 4.78 is 35.0. The number of Topliss-reactive ketones (excluding diaryl/α,β-unsaturated/α-hetero) is 1. The fourth-order valence-electron chi connectivity index (χ4n) is 7.30. The lowest BCUT2D eigenvalue weighted by atomic mass is 9.42. The zero-order chi connectivity index (χ0) is 24.3. The van der Waals surface area contributed by atoms with E-state index in [1.165, 1.54) is 13.8 Å². The molecule has 4 aliphatic rings. The van der Waals surface area contributed by atoms with Crippen LogP contribution in [0.15, 0.2) is 23.0 Å². The van der Waals surface area contributed by atoms with Gasteiger partial charge in [-0.05, 0) is 31.2 Å². The molecule has 0 amide bonds. The second-order valence-electron chi connectivity index (χ2n) is 10.2. The Morgan fingerprint density at radius 3 is 2.59 bits per heavy atom. The standard InChI is InChI=1S/C25H32O9/c1-14-20(33-16(3)27)21(28)25(13-31-15(2)26)19(6-5-8-23(25)12-32-23)24(14)10-18(34-22(24)29-4)17-7-9-30-11-17/h7,9,11,14,18-20,22H,5-6,8,10,12-13H2,1-4H3/t14-,18+,19+,20-,22+,23+,24-,25-/m1/s1. The second-order valence-corrected chi connectivity index (χ2v) is 10.2. The highest BCUT2D eigenvalue weighted by Crippen LogP contribution is 2.71. The first-order chi connectivity index (χ1) is 16.2. The van der Waals surface area contributed by atoms with Crippen LogP contribution in [0.25, 0.3) is 0 Å². The van der Waals surface area contributed by atoms with E-state index in [4.69, 9.17) is 28.1 Å². The summed E-state index contributed by atoms with van der Waals surface area (Å²) in [6, 6.07) is 1.86. The van der Waals surface area contributed by atoms with Gasteiger partial charge in [-0.2, -0.15) is 0 Å². The van der Waals surface area contributed by atoms with Crippen molar-refractivity contribution in [2.24, 2.45) is 22.7 Å². The highest BCUT2D eigenvalue weighted by atomic mass is 16.7. The van der Waals surface area contributed by atoms with Gasteiger partial charge in [0, 0.05) is 37.9 Å². The average molecular weight is 477 g/mol. The van der Waals surface area contributed by atoms with Crippen molar-refractivity contribution in [3.8, 4) is 0 Å². The monoisotopic (exact) mass is 476 g/mol. The van der Waals surface area contributed by atoms with Crippen molar-refractivity contribution < 1.29 is 42.5 Å². The molecular weight excluding hydrogens is 444 g/mol. The van der Waals surface area contributed by atoms with E-state index in [0.29, 0.717) is 19.4 Å². The molecule has 3 heterocycles. The van der Waals surface area contributed by atoms with E-state index >= 15 is 0 Å². The highest BCUT2D eigenvalue weighted by molar-refractivity contribution is 5.94. The number of esters is 2. The summed E-state index contributed by atoms with van der Waals surface area (Å²) in [4.78, 5) is 38.4. The Bertz CT molecular complexity index is 967. The zero-order valence-corrected chi connectivity index (χ0v) is 20.0. The van der Waals surface area contributed by atoms with Gasteiger partial charge >= 0.3 is 11.9 Å². The highest BCUT2D eigenvalue weighted by Gasteiger charge is 2.80. The van der Waals surface area contributed by atoms with Gasteiger partial charge in [-0.25, -0.2) is 0 Å². The number of fused-ring (bicyclic) bond motifs is 3. The van der Waals surface area contributed by atoms with Crippen LogP contribution in [0.3, 0.4) is 0 Å². The topological polar surface area (TPSA) is 114 Å². The Morgan fingerprint density at radius 1 is 1.24 bits per heavy atom. The lowest BCUT2D eigenvalue weighted by Crippen LogP contribution is -2.71. The number of rotatable bonds is 5. The third-order valence-corrected chi connectivity index (χ3v) is 8.81. The van der Waals surface area contributed by atoms with Gasteiger partial charge < -0.3 is 28.1 Å². The molecule has 1 aromatic heterocycles. The van der Waals surface area contributed by atoms with E-state index in [2.05, 4.69) is 0 Å². The van der Waals surface area contributed by atoms with Crippen molar-refractivity contribution in [1.29, 1.82) is 0 Å². The first kappa shape index (κ1) is 23.5. The van der Waals surface area contributed by atoms with Crippen molar-refractivity contribution in [3.05, 3.63) is 24.2 Å². The number of carbonyl (C=O) groups is 3. The smallest absolute Gasteiger partial charge is 0.303 e. The van der Waals surface area contributed by atoms with Crippen LogP contribution >= 0.6 is 0 Å². The van der Waals surface area contributed by atoms with E-state index in [0.717, 1.165) is 18.4 Å². The van der Waals surface area contributed by atoms with Gasteiger partial charge in [0.1, 0.15) is 17.6 Å². The lowest BCUT2D eigenvalue weighted by Gasteiger charge is -2.61. The van der Waals surface area contributed by atoms with Crippen LogP contribution in [0, 0.1) is 22.7 Å². The van der Waals surface area contributed by atoms with E-state index in [9.17, 15) is 14.4 Å². The van der Waals surface area contributed by atoms with E-state index in [1.54, 1.807) is 19.6 Å². The van der Waals surface area contributed by atoms with Crippen LogP contribution in [-0.2, 0) is 38.1 Å². The maximum atomic E-state index is 14.3. The summed E-state index contributed by atoms with van der Waals surface area (Å²) in [5, 5.41) is 0. The molecule has 186 valence electrons. The summed E-state index contributed by atoms with van der Waals surface area (Å²) in [5.74, 6) is -1.89. The van der Waals surface area contributed by atoms with Gasteiger partial charge in [0.2, 0.25) is 0 Å². The van der Waals surface area contributed by atoms with Crippen LogP contribution in [-0.4, -0.2) is 56.0 Å². The number of methoxy groups -OCH3 is 1. The van der Waals surface area contributed by atoms with E-state index in [1.807, 2.05) is 13.0 Å². The Kier molecular flexibility index (Phi) is 5.65. The maximum absolute atomic E-state index is 14.3. The molecule has 1 aromatic rings. The molecule has 2 spiro atoms.